The van der Waals surface area contributed by atoms with E-state index in [1.165, 1.54) is 25.3 Å². The number of ether oxygens (including phenoxy) is 1. The number of carbonyl (C=O) groups is 3. The highest BCUT2D eigenvalue weighted by molar-refractivity contribution is 6.37. The molecule has 3 aromatic carbocycles. The number of benzene rings is 3. The van der Waals surface area contributed by atoms with Gasteiger partial charge >= 0.3 is 0 Å². The van der Waals surface area contributed by atoms with Crippen molar-refractivity contribution in [1.82, 2.24) is 0 Å². The molecule has 0 bridgehead atoms. The van der Waals surface area contributed by atoms with Crippen molar-refractivity contribution >= 4 is 52.3 Å². The molecule has 3 aromatic rings. The van der Waals surface area contributed by atoms with Crippen molar-refractivity contribution in [2.45, 2.75) is 0 Å². The fourth-order valence-corrected chi connectivity index (χ4v) is 3.85. The summed E-state index contributed by atoms with van der Waals surface area (Å²) in [5, 5.41) is 3.20. The first kappa shape index (κ1) is 19.9. The summed E-state index contributed by atoms with van der Waals surface area (Å²) >= 11 is 12.1. The molecule has 0 saturated carbocycles. The lowest BCUT2D eigenvalue weighted by molar-refractivity contribution is 0.0925. The van der Waals surface area contributed by atoms with Crippen LogP contribution >= 0.6 is 23.2 Å². The smallest absolute Gasteiger partial charge is 0.266 e. The molecule has 4 rings (SSSR count). The third-order valence-electron chi connectivity index (χ3n) is 4.61. The van der Waals surface area contributed by atoms with E-state index in [0.29, 0.717) is 22.5 Å². The molecule has 0 unspecified atom stereocenters. The minimum absolute atomic E-state index is 0.154. The van der Waals surface area contributed by atoms with E-state index < -0.39 is 17.7 Å². The highest BCUT2D eigenvalue weighted by atomic mass is 35.5. The van der Waals surface area contributed by atoms with E-state index in [1.807, 2.05) is 0 Å². The molecular weight excluding hydrogens is 427 g/mol. The maximum Gasteiger partial charge on any atom is 0.266 e. The summed E-state index contributed by atoms with van der Waals surface area (Å²) in [5.74, 6) is -1.14. The average molecular weight is 441 g/mol. The number of amides is 3. The fraction of sp³-hybridized carbons (Fsp3) is 0.0455. The molecule has 1 aliphatic heterocycles. The number of carbonyl (C=O) groups excluding carboxylic acids is 3. The standard InChI is InChI=1S/C22H14Cl2N2O4/c1-30-19-17(9-12(23)10-18(19)24)20(27)25-13-5-4-6-14(11-13)26-21(28)15-7-2-3-8-16(15)22(26)29/h2-11H,1H3,(H,25,27). The van der Waals surface area contributed by atoms with Crippen LogP contribution in [0.25, 0.3) is 0 Å². The molecule has 1 aliphatic rings. The van der Waals surface area contributed by atoms with Gasteiger partial charge in [-0.15, -0.1) is 0 Å². The number of hydrogen-bond acceptors (Lipinski definition) is 4. The molecule has 3 amide bonds. The second kappa shape index (κ2) is 7.82. The number of halogens is 2. The number of imide groups is 1. The van der Waals surface area contributed by atoms with Gasteiger partial charge in [-0.05, 0) is 42.5 Å². The van der Waals surface area contributed by atoms with E-state index >= 15 is 0 Å². The van der Waals surface area contributed by atoms with Crippen LogP contribution in [0.5, 0.6) is 5.75 Å². The van der Waals surface area contributed by atoms with E-state index in [2.05, 4.69) is 5.32 Å². The predicted octanol–water partition coefficient (Wildman–Crippen LogP) is 5.05. The molecule has 150 valence electrons. The monoisotopic (exact) mass is 440 g/mol. The molecule has 0 atom stereocenters. The van der Waals surface area contributed by atoms with Crippen LogP contribution in [0.1, 0.15) is 31.1 Å². The van der Waals surface area contributed by atoms with Gasteiger partial charge in [-0.2, -0.15) is 0 Å². The van der Waals surface area contributed by atoms with Crippen LogP contribution in [0.2, 0.25) is 10.0 Å². The van der Waals surface area contributed by atoms with Crippen molar-refractivity contribution in [2.24, 2.45) is 0 Å². The summed E-state index contributed by atoms with van der Waals surface area (Å²) in [6, 6.07) is 16.0. The molecule has 1 N–H and O–H groups in total. The number of anilines is 2. The zero-order valence-electron chi connectivity index (χ0n) is 15.6. The molecule has 0 spiro atoms. The minimum Gasteiger partial charge on any atom is -0.494 e. The quantitative estimate of drug-likeness (QED) is 0.575. The van der Waals surface area contributed by atoms with Gasteiger partial charge in [0.05, 0.1) is 34.5 Å². The van der Waals surface area contributed by atoms with E-state index in [-0.39, 0.29) is 21.4 Å². The first-order chi connectivity index (χ1) is 14.4. The fourth-order valence-electron chi connectivity index (χ4n) is 3.28. The molecule has 0 aromatic heterocycles. The SMILES string of the molecule is COc1c(Cl)cc(Cl)cc1C(=O)Nc1cccc(N2C(=O)c3ccccc3C2=O)c1. The largest absolute Gasteiger partial charge is 0.494 e. The van der Waals surface area contributed by atoms with Crippen molar-refractivity contribution in [1.29, 1.82) is 0 Å². The third kappa shape index (κ3) is 3.40. The van der Waals surface area contributed by atoms with Gasteiger partial charge in [-0.25, -0.2) is 4.90 Å². The summed E-state index contributed by atoms with van der Waals surface area (Å²) in [5.41, 5.74) is 1.56. The van der Waals surface area contributed by atoms with Gasteiger partial charge in [0.25, 0.3) is 17.7 Å². The molecule has 0 fully saturated rings. The van der Waals surface area contributed by atoms with Crippen LogP contribution in [0.15, 0.2) is 60.7 Å². The van der Waals surface area contributed by atoms with Crippen molar-refractivity contribution in [3.63, 3.8) is 0 Å². The lowest BCUT2D eigenvalue weighted by Gasteiger charge is -2.16. The number of fused-ring (bicyclic) bond motifs is 1. The van der Waals surface area contributed by atoms with Crippen LogP contribution in [-0.2, 0) is 0 Å². The Morgan fingerprint density at radius 1 is 0.933 bits per heavy atom. The van der Waals surface area contributed by atoms with Crippen molar-refractivity contribution < 1.29 is 19.1 Å². The van der Waals surface area contributed by atoms with Gasteiger partial charge in [0.1, 0.15) is 5.75 Å². The first-order valence-electron chi connectivity index (χ1n) is 8.83. The van der Waals surface area contributed by atoms with Gasteiger partial charge in [0.15, 0.2) is 0 Å². The Kier molecular flexibility index (Phi) is 5.20. The van der Waals surface area contributed by atoms with Crippen molar-refractivity contribution in [3.05, 3.63) is 87.4 Å². The number of nitrogens with zero attached hydrogens (tertiary/aromatic N) is 1. The Morgan fingerprint density at radius 2 is 1.60 bits per heavy atom. The van der Waals surface area contributed by atoms with Crippen LogP contribution in [-0.4, -0.2) is 24.8 Å². The van der Waals surface area contributed by atoms with Gasteiger partial charge in [0, 0.05) is 10.7 Å². The Bertz CT molecular complexity index is 1170. The highest BCUT2D eigenvalue weighted by Gasteiger charge is 2.36. The van der Waals surface area contributed by atoms with E-state index in [9.17, 15) is 14.4 Å². The Morgan fingerprint density at radius 3 is 2.23 bits per heavy atom. The van der Waals surface area contributed by atoms with Crippen LogP contribution in [0.3, 0.4) is 0 Å². The number of nitrogens with one attached hydrogen (secondary N) is 1. The van der Waals surface area contributed by atoms with Crippen molar-refractivity contribution in [2.75, 3.05) is 17.3 Å². The molecule has 0 radical (unpaired) electrons. The molecule has 1 heterocycles. The second-order valence-corrected chi connectivity index (χ2v) is 7.31. The van der Waals surface area contributed by atoms with Crippen molar-refractivity contribution in [3.8, 4) is 5.75 Å². The summed E-state index contributed by atoms with van der Waals surface area (Å²) in [7, 11) is 1.40. The Labute approximate surface area is 182 Å². The number of methoxy groups -OCH3 is 1. The highest BCUT2D eigenvalue weighted by Crippen LogP contribution is 2.33. The summed E-state index contributed by atoms with van der Waals surface area (Å²) in [6.45, 7) is 0. The number of rotatable bonds is 4. The zero-order chi connectivity index (χ0) is 21.4. The molecule has 0 aliphatic carbocycles. The molecule has 6 nitrogen and oxygen atoms in total. The second-order valence-electron chi connectivity index (χ2n) is 6.46. The molecule has 0 saturated heterocycles. The van der Waals surface area contributed by atoms with E-state index in [1.54, 1.807) is 42.5 Å². The third-order valence-corrected chi connectivity index (χ3v) is 5.11. The molecule has 30 heavy (non-hydrogen) atoms. The minimum atomic E-state index is -0.504. The summed E-state index contributed by atoms with van der Waals surface area (Å²) in [6.07, 6.45) is 0. The number of hydrogen-bond donors (Lipinski definition) is 1. The summed E-state index contributed by atoms with van der Waals surface area (Å²) < 4.78 is 5.21. The molecular formula is C22H14Cl2N2O4. The first-order valence-corrected chi connectivity index (χ1v) is 9.58. The molecule has 8 heteroatoms. The Balaban J connectivity index is 1.64. The van der Waals surface area contributed by atoms with E-state index in [0.717, 1.165) is 4.90 Å². The Hall–Kier alpha value is -3.35. The van der Waals surface area contributed by atoms with E-state index in [4.69, 9.17) is 27.9 Å². The predicted molar refractivity (Wildman–Crippen MR) is 115 cm³/mol. The van der Waals surface area contributed by atoms with Gasteiger partial charge in [-0.1, -0.05) is 41.4 Å². The van der Waals surface area contributed by atoms with Gasteiger partial charge in [0.2, 0.25) is 0 Å². The lowest BCUT2D eigenvalue weighted by Crippen LogP contribution is -2.29. The maximum absolute atomic E-state index is 12.8. The van der Waals surface area contributed by atoms with Crippen LogP contribution in [0, 0.1) is 0 Å². The van der Waals surface area contributed by atoms with Gasteiger partial charge < -0.3 is 10.1 Å². The van der Waals surface area contributed by atoms with Crippen LogP contribution in [0.4, 0.5) is 11.4 Å². The maximum atomic E-state index is 12.8. The lowest BCUT2D eigenvalue weighted by atomic mass is 10.1. The topological polar surface area (TPSA) is 75.7 Å². The zero-order valence-corrected chi connectivity index (χ0v) is 17.1. The normalized spacial score (nSPS) is 12.7. The summed E-state index contributed by atoms with van der Waals surface area (Å²) in [4.78, 5) is 39.2. The average Bonchev–Trinajstić information content (AvgIpc) is 2.98. The van der Waals surface area contributed by atoms with Gasteiger partial charge in [-0.3, -0.25) is 14.4 Å². The van der Waals surface area contributed by atoms with Crippen LogP contribution < -0.4 is 15.0 Å².